The second-order valence-electron chi connectivity index (χ2n) is 5.22. The molecule has 0 bridgehead atoms. The van der Waals surface area contributed by atoms with Gasteiger partial charge in [-0.2, -0.15) is 0 Å². The maximum absolute atomic E-state index is 12.2. The molecular weight excluding hydrogens is 236 g/mol. The lowest BCUT2D eigenvalue weighted by atomic mass is 10.1. The highest BCUT2D eigenvalue weighted by Crippen LogP contribution is 2.32. The molecule has 3 nitrogen and oxygen atoms in total. The Bertz CT molecular complexity index is 604. The second kappa shape index (κ2) is 5.02. The summed E-state index contributed by atoms with van der Waals surface area (Å²) in [5, 5.41) is 5.28. The van der Waals surface area contributed by atoms with Crippen molar-refractivity contribution in [2.45, 2.75) is 18.9 Å². The van der Waals surface area contributed by atoms with Crippen LogP contribution in [-0.4, -0.2) is 18.5 Å². The van der Waals surface area contributed by atoms with Crippen LogP contribution in [0.4, 0.5) is 0 Å². The van der Waals surface area contributed by atoms with E-state index in [4.69, 9.17) is 5.73 Å². The fourth-order valence-corrected chi connectivity index (χ4v) is 2.45. The largest absolute Gasteiger partial charge is 0.348 e. The predicted octanol–water partition coefficient (Wildman–Crippen LogP) is 2.31. The van der Waals surface area contributed by atoms with Crippen LogP contribution in [0, 0.1) is 5.92 Å². The molecule has 0 spiro atoms. The molecule has 0 heterocycles. The highest BCUT2D eigenvalue weighted by molar-refractivity contribution is 5.98. The zero-order chi connectivity index (χ0) is 13.2. The van der Waals surface area contributed by atoms with E-state index in [0.29, 0.717) is 18.0 Å². The number of hydrogen-bond donors (Lipinski definition) is 2. The van der Waals surface area contributed by atoms with E-state index in [9.17, 15) is 4.79 Å². The number of nitrogens with two attached hydrogens (primary N) is 1. The molecule has 1 aliphatic rings. The smallest absolute Gasteiger partial charge is 0.251 e. The third-order valence-corrected chi connectivity index (χ3v) is 3.77. The number of carbonyl (C=O) groups is 1. The summed E-state index contributed by atoms with van der Waals surface area (Å²) in [6.07, 6.45) is 2.36. The number of amides is 1. The molecule has 1 atom stereocenters. The molecule has 1 unspecified atom stereocenters. The van der Waals surface area contributed by atoms with Crippen molar-refractivity contribution in [3.8, 4) is 0 Å². The molecule has 3 heteroatoms. The Kier molecular flexibility index (Phi) is 3.22. The van der Waals surface area contributed by atoms with Crippen molar-refractivity contribution in [1.82, 2.24) is 5.32 Å². The van der Waals surface area contributed by atoms with Crippen LogP contribution in [0.1, 0.15) is 23.2 Å². The Morgan fingerprint density at radius 1 is 1.21 bits per heavy atom. The first-order chi connectivity index (χ1) is 9.28. The third kappa shape index (κ3) is 2.61. The molecule has 19 heavy (non-hydrogen) atoms. The first-order valence-electron chi connectivity index (χ1n) is 6.77. The van der Waals surface area contributed by atoms with Crippen LogP contribution in [0.25, 0.3) is 10.8 Å². The van der Waals surface area contributed by atoms with Gasteiger partial charge in [-0.3, -0.25) is 4.79 Å². The average molecular weight is 254 g/mol. The molecular formula is C16H18N2O. The van der Waals surface area contributed by atoms with Crippen molar-refractivity contribution >= 4 is 16.7 Å². The predicted molar refractivity (Wildman–Crippen MR) is 77.0 cm³/mol. The summed E-state index contributed by atoms with van der Waals surface area (Å²) in [5.41, 5.74) is 6.42. The van der Waals surface area contributed by atoms with E-state index < -0.39 is 0 Å². The quantitative estimate of drug-likeness (QED) is 0.879. The van der Waals surface area contributed by atoms with Crippen LogP contribution in [0.15, 0.2) is 42.5 Å². The lowest BCUT2D eigenvalue weighted by Gasteiger charge is -2.16. The topological polar surface area (TPSA) is 55.1 Å². The maximum atomic E-state index is 12.2. The minimum atomic E-state index is -0.0203. The molecule has 0 aliphatic heterocycles. The van der Waals surface area contributed by atoms with Crippen LogP contribution >= 0.6 is 0 Å². The van der Waals surface area contributed by atoms with Crippen LogP contribution in [0.5, 0.6) is 0 Å². The van der Waals surface area contributed by atoms with Crippen LogP contribution < -0.4 is 11.1 Å². The van der Waals surface area contributed by atoms with Crippen molar-refractivity contribution < 1.29 is 4.79 Å². The molecule has 1 aliphatic carbocycles. The first-order valence-corrected chi connectivity index (χ1v) is 6.77. The van der Waals surface area contributed by atoms with Gasteiger partial charge in [-0.15, -0.1) is 0 Å². The summed E-state index contributed by atoms with van der Waals surface area (Å²) in [7, 11) is 0. The van der Waals surface area contributed by atoms with Crippen molar-refractivity contribution in [2.75, 3.05) is 6.54 Å². The molecule has 2 aromatic carbocycles. The van der Waals surface area contributed by atoms with E-state index >= 15 is 0 Å². The van der Waals surface area contributed by atoms with Gasteiger partial charge in [0.1, 0.15) is 0 Å². The molecule has 2 aromatic rings. The molecule has 1 amide bonds. The normalized spacial score (nSPS) is 16.3. The number of fused-ring (bicyclic) bond motifs is 1. The third-order valence-electron chi connectivity index (χ3n) is 3.77. The van der Waals surface area contributed by atoms with Gasteiger partial charge in [0.15, 0.2) is 0 Å². The fraction of sp³-hybridized carbons (Fsp3) is 0.312. The van der Waals surface area contributed by atoms with Gasteiger partial charge in [-0.1, -0.05) is 30.3 Å². The van der Waals surface area contributed by atoms with E-state index in [2.05, 4.69) is 5.32 Å². The Hall–Kier alpha value is -1.87. The monoisotopic (exact) mass is 254 g/mol. The van der Waals surface area contributed by atoms with Gasteiger partial charge < -0.3 is 11.1 Å². The fourth-order valence-electron chi connectivity index (χ4n) is 2.45. The molecule has 1 fully saturated rings. The molecule has 98 valence electrons. The standard InChI is InChI=1S/C16H18N2O/c17-10-15(12-6-7-12)18-16(19)14-8-5-11-3-1-2-4-13(11)9-14/h1-5,8-9,12,15H,6-7,10,17H2,(H,18,19). The number of nitrogens with one attached hydrogen (secondary N) is 1. The van der Waals surface area contributed by atoms with E-state index in [1.54, 1.807) is 0 Å². The first kappa shape index (κ1) is 12.2. The van der Waals surface area contributed by atoms with Gasteiger partial charge in [-0.05, 0) is 41.7 Å². The van der Waals surface area contributed by atoms with Gasteiger partial charge >= 0.3 is 0 Å². The van der Waals surface area contributed by atoms with E-state index in [1.165, 1.54) is 12.8 Å². The summed E-state index contributed by atoms with van der Waals surface area (Å²) in [6, 6.07) is 14.0. The summed E-state index contributed by atoms with van der Waals surface area (Å²) in [6.45, 7) is 0.518. The summed E-state index contributed by atoms with van der Waals surface area (Å²) in [5.74, 6) is 0.558. The maximum Gasteiger partial charge on any atom is 0.251 e. The summed E-state index contributed by atoms with van der Waals surface area (Å²) in [4.78, 5) is 12.2. The highest BCUT2D eigenvalue weighted by atomic mass is 16.1. The molecule has 0 aromatic heterocycles. The molecule has 1 saturated carbocycles. The minimum Gasteiger partial charge on any atom is -0.348 e. The van der Waals surface area contributed by atoms with Crippen molar-refractivity contribution in [3.05, 3.63) is 48.0 Å². The van der Waals surface area contributed by atoms with Crippen molar-refractivity contribution in [1.29, 1.82) is 0 Å². The Balaban J connectivity index is 1.80. The van der Waals surface area contributed by atoms with Gasteiger partial charge in [0, 0.05) is 18.2 Å². The highest BCUT2D eigenvalue weighted by Gasteiger charge is 2.31. The molecule has 0 radical (unpaired) electrons. The van der Waals surface area contributed by atoms with E-state index in [-0.39, 0.29) is 11.9 Å². The van der Waals surface area contributed by atoms with Gasteiger partial charge in [-0.25, -0.2) is 0 Å². The minimum absolute atomic E-state index is 0.0203. The number of rotatable bonds is 4. The molecule has 0 saturated heterocycles. The lowest BCUT2D eigenvalue weighted by Crippen LogP contribution is -2.41. The summed E-state index contributed by atoms with van der Waals surface area (Å²) < 4.78 is 0. The second-order valence-corrected chi connectivity index (χ2v) is 5.22. The lowest BCUT2D eigenvalue weighted by molar-refractivity contribution is 0.0933. The van der Waals surface area contributed by atoms with E-state index in [0.717, 1.165) is 10.8 Å². The van der Waals surface area contributed by atoms with Gasteiger partial charge in [0.2, 0.25) is 0 Å². The average Bonchev–Trinajstić information content (AvgIpc) is 3.28. The molecule has 3 N–H and O–H groups in total. The molecule has 3 rings (SSSR count). The SMILES string of the molecule is NCC(NC(=O)c1ccc2ccccc2c1)C1CC1. The Labute approximate surface area is 112 Å². The number of carbonyl (C=O) groups excluding carboxylic acids is 1. The Morgan fingerprint density at radius 3 is 2.63 bits per heavy atom. The van der Waals surface area contributed by atoms with Crippen LogP contribution in [0.3, 0.4) is 0 Å². The zero-order valence-corrected chi connectivity index (χ0v) is 10.8. The summed E-state index contributed by atoms with van der Waals surface area (Å²) >= 11 is 0. The van der Waals surface area contributed by atoms with Gasteiger partial charge in [0.05, 0.1) is 0 Å². The van der Waals surface area contributed by atoms with Crippen molar-refractivity contribution in [3.63, 3.8) is 0 Å². The van der Waals surface area contributed by atoms with Crippen LogP contribution in [0.2, 0.25) is 0 Å². The Morgan fingerprint density at radius 2 is 1.95 bits per heavy atom. The van der Waals surface area contributed by atoms with Crippen molar-refractivity contribution in [2.24, 2.45) is 11.7 Å². The van der Waals surface area contributed by atoms with Crippen LogP contribution in [-0.2, 0) is 0 Å². The number of hydrogen-bond acceptors (Lipinski definition) is 2. The number of benzene rings is 2. The van der Waals surface area contributed by atoms with E-state index in [1.807, 2.05) is 42.5 Å². The van der Waals surface area contributed by atoms with Gasteiger partial charge in [0.25, 0.3) is 5.91 Å². The zero-order valence-electron chi connectivity index (χ0n) is 10.8.